The van der Waals surface area contributed by atoms with Crippen molar-refractivity contribution < 1.29 is 19.1 Å². The predicted octanol–water partition coefficient (Wildman–Crippen LogP) is 4.92. The third-order valence-corrected chi connectivity index (χ3v) is 6.70. The molecule has 2 amide bonds. The maximum atomic E-state index is 12.4. The van der Waals surface area contributed by atoms with E-state index in [1.54, 1.807) is 25.3 Å². The number of likely N-dealkylation sites (N-methyl/N-ethyl adjacent to an activating group) is 1. The summed E-state index contributed by atoms with van der Waals surface area (Å²) >= 11 is 9.88. The van der Waals surface area contributed by atoms with Crippen LogP contribution in [0.4, 0.5) is 5.69 Å². The lowest BCUT2D eigenvalue weighted by Crippen LogP contribution is -2.22. The fourth-order valence-corrected chi connectivity index (χ4v) is 4.74. The number of rotatable bonds is 6. The van der Waals surface area contributed by atoms with Crippen LogP contribution in [0.25, 0.3) is 6.08 Å². The van der Waals surface area contributed by atoms with Gasteiger partial charge in [0.1, 0.15) is 4.32 Å². The van der Waals surface area contributed by atoms with Crippen LogP contribution in [0, 0.1) is 13.8 Å². The van der Waals surface area contributed by atoms with Gasteiger partial charge in [-0.15, -0.1) is 0 Å². The van der Waals surface area contributed by atoms with Gasteiger partial charge in [-0.1, -0.05) is 42.2 Å². The van der Waals surface area contributed by atoms with Gasteiger partial charge in [-0.3, -0.25) is 14.5 Å². The molecule has 2 aromatic rings. The summed E-state index contributed by atoms with van der Waals surface area (Å²) in [5, 5.41) is 2.89. The molecule has 0 spiro atoms. The smallest absolute Gasteiger partial charge is 0.265 e. The first-order valence-electron chi connectivity index (χ1n) is 9.29. The number of aryl methyl sites for hydroxylation is 2. The maximum absolute atomic E-state index is 12.4. The number of methoxy groups -OCH3 is 1. The lowest BCUT2D eigenvalue weighted by Gasteiger charge is -2.15. The minimum absolute atomic E-state index is 0.145. The molecule has 1 heterocycles. The Morgan fingerprint density at radius 1 is 1.29 bits per heavy atom. The molecule has 9 heteroatoms. The minimum Gasteiger partial charge on any atom is -0.493 e. The SMILES string of the molecule is COc1cc(/C=C2\SC(=S)N(C)C2=O)cc(Br)c1OCC(=O)Nc1c(C)cccc1C. The molecule has 31 heavy (non-hydrogen) atoms. The van der Waals surface area contributed by atoms with Crippen LogP contribution in [0.15, 0.2) is 39.7 Å². The van der Waals surface area contributed by atoms with Gasteiger partial charge in [0.25, 0.3) is 11.8 Å². The Hall–Kier alpha value is -2.36. The molecule has 162 valence electrons. The van der Waals surface area contributed by atoms with Crippen LogP contribution in [0.2, 0.25) is 0 Å². The number of amides is 2. The highest BCUT2D eigenvalue weighted by atomic mass is 79.9. The van der Waals surface area contributed by atoms with Crippen molar-refractivity contribution in [3.8, 4) is 11.5 Å². The van der Waals surface area contributed by atoms with E-state index < -0.39 is 0 Å². The number of carbonyl (C=O) groups excluding carboxylic acids is 2. The Balaban J connectivity index is 1.76. The molecule has 0 radical (unpaired) electrons. The third-order valence-electron chi connectivity index (χ3n) is 4.63. The Morgan fingerprint density at radius 2 is 1.97 bits per heavy atom. The molecule has 6 nitrogen and oxygen atoms in total. The molecule has 3 rings (SSSR count). The van der Waals surface area contributed by atoms with Gasteiger partial charge in [0.15, 0.2) is 18.1 Å². The summed E-state index contributed by atoms with van der Waals surface area (Å²) in [6, 6.07) is 9.36. The van der Waals surface area contributed by atoms with E-state index >= 15 is 0 Å². The Morgan fingerprint density at radius 3 is 2.55 bits per heavy atom. The molecule has 0 unspecified atom stereocenters. The van der Waals surface area contributed by atoms with E-state index in [2.05, 4.69) is 21.2 Å². The Kier molecular flexibility index (Phi) is 7.40. The first kappa shape index (κ1) is 23.3. The van der Waals surface area contributed by atoms with E-state index in [0.29, 0.717) is 25.2 Å². The summed E-state index contributed by atoms with van der Waals surface area (Å²) in [6.45, 7) is 3.69. The van der Waals surface area contributed by atoms with E-state index in [4.69, 9.17) is 21.7 Å². The first-order chi connectivity index (χ1) is 14.7. The number of nitrogens with one attached hydrogen (secondary N) is 1. The van der Waals surface area contributed by atoms with Gasteiger partial charge in [0.05, 0.1) is 16.5 Å². The average Bonchev–Trinajstić information content (AvgIpc) is 2.96. The lowest BCUT2D eigenvalue weighted by atomic mass is 10.1. The second-order valence-corrected chi connectivity index (χ2v) is 9.41. The molecule has 1 fully saturated rings. The van der Waals surface area contributed by atoms with Crippen molar-refractivity contribution >= 4 is 67.8 Å². The van der Waals surface area contributed by atoms with E-state index in [1.807, 2.05) is 32.0 Å². The number of para-hydroxylation sites is 1. The zero-order valence-electron chi connectivity index (χ0n) is 17.4. The number of thioether (sulfide) groups is 1. The molecule has 0 aliphatic carbocycles. The number of halogens is 1. The zero-order valence-corrected chi connectivity index (χ0v) is 20.7. The van der Waals surface area contributed by atoms with Crippen molar-refractivity contribution in [3.63, 3.8) is 0 Å². The predicted molar refractivity (Wildman–Crippen MR) is 132 cm³/mol. The second kappa shape index (κ2) is 9.84. The highest BCUT2D eigenvalue weighted by molar-refractivity contribution is 9.10. The van der Waals surface area contributed by atoms with Gasteiger partial charge >= 0.3 is 0 Å². The van der Waals surface area contributed by atoms with Crippen molar-refractivity contribution in [2.75, 3.05) is 26.1 Å². The molecule has 0 atom stereocenters. The van der Waals surface area contributed by atoms with Crippen LogP contribution in [0.5, 0.6) is 11.5 Å². The summed E-state index contributed by atoms with van der Waals surface area (Å²) < 4.78 is 12.3. The van der Waals surface area contributed by atoms with Gasteiger partial charge in [-0.2, -0.15) is 0 Å². The standard InChI is InChI=1S/C22H21BrN2O4S2/c1-12-6-5-7-13(2)19(12)24-18(26)11-29-20-15(23)8-14(9-16(20)28-4)10-17-21(27)25(3)22(30)31-17/h5-10H,11H2,1-4H3,(H,24,26)/b17-10-. The summed E-state index contributed by atoms with van der Waals surface area (Å²) in [7, 11) is 3.16. The summed E-state index contributed by atoms with van der Waals surface area (Å²) in [6.07, 6.45) is 1.74. The zero-order chi connectivity index (χ0) is 22.7. The molecule has 0 bridgehead atoms. The minimum atomic E-state index is -0.276. The van der Waals surface area contributed by atoms with Crippen molar-refractivity contribution in [2.45, 2.75) is 13.8 Å². The molecular weight excluding hydrogens is 500 g/mol. The first-order valence-corrected chi connectivity index (χ1v) is 11.3. The van der Waals surface area contributed by atoms with E-state index in [9.17, 15) is 9.59 Å². The largest absolute Gasteiger partial charge is 0.493 e. The summed E-state index contributed by atoms with van der Waals surface area (Å²) in [5.74, 6) is 0.419. The molecule has 0 saturated carbocycles. The summed E-state index contributed by atoms with van der Waals surface area (Å²) in [5.41, 5.74) is 3.48. The normalized spacial score (nSPS) is 14.9. The molecule has 1 aliphatic rings. The van der Waals surface area contributed by atoms with Crippen LogP contribution in [-0.2, 0) is 9.59 Å². The van der Waals surface area contributed by atoms with Crippen LogP contribution >= 0.6 is 39.9 Å². The van der Waals surface area contributed by atoms with Gasteiger partial charge in [-0.25, -0.2) is 0 Å². The van der Waals surface area contributed by atoms with Crippen molar-refractivity contribution in [1.82, 2.24) is 4.90 Å². The van der Waals surface area contributed by atoms with Crippen molar-refractivity contribution in [1.29, 1.82) is 0 Å². The maximum Gasteiger partial charge on any atom is 0.265 e. The highest BCUT2D eigenvalue weighted by Crippen LogP contribution is 2.39. The third kappa shape index (κ3) is 5.28. The number of benzene rings is 2. The topological polar surface area (TPSA) is 67.9 Å². The molecule has 0 aromatic heterocycles. The number of carbonyl (C=O) groups is 2. The number of anilines is 1. The van der Waals surface area contributed by atoms with Crippen molar-refractivity contribution in [2.24, 2.45) is 0 Å². The number of thiocarbonyl (C=S) groups is 1. The van der Waals surface area contributed by atoms with Crippen LogP contribution < -0.4 is 14.8 Å². The monoisotopic (exact) mass is 520 g/mol. The van der Waals surface area contributed by atoms with Crippen LogP contribution in [0.3, 0.4) is 0 Å². The average molecular weight is 521 g/mol. The van der Waals surface area contributed by atoms with Gasteiger partial charge in [0, 0.05) is 12.7 Å². The van der Waals surface area contributed by atoms with E-state index in [-0.39, 0.29) is 18.4 Å². The molecule has 1 N–H and O–H groups in total. The number of nitrogens with zero attached hydrogens (tertiary/aromatic N) is 1. The van der Waals surface area contributed by atoms with Gasteiger partial charge in [-0.05, 0) is 64.7 Å². The van der Waals surface area contributed by atoms with Crippen LogP contribution in [-0.4, -0.2) is 41.8 Å². The van der Waals surface area contributed by atoms with E-state index in [0.717, 1.165) is 22.4 Å². The fraction of sp³-hybridized carbons (Fsp3) is 0.227. The number of hydrogen-bond donors (Lipinski definition) is 1. The van der Waals surface area contributed by atoms with Crippen molar-refractivity contribution in [3.05, 3.63) is 56.4 Å². The van der Waals surface area contributed by atoms with Gasteiger partial charge in [0.2, 0.25) is 0 Å². The molecule has 1 aliphatic heterocycles. The molecular formula is C22H21BrN2O4S2. The van der Waals surface area contributed by atoms with Crippen LogP contribution in [0.1, 0.15) is 16.7 Å². The summed E-state index contributed by atoms with van der Waals surface area (Å²) in [4.78, 5) is 26.6. The number of hydrogen-bond acceptors (Lipinski definition) is 6. The Bertz CT molecular complexity index is 1080. The number of ether oxygens (including phenoxy) is 2. The fourth-order valence-electron chi connectivity index (χ4n) is 2.98. The quantitative estimate of drug-likeness (QED) is 0.430. The lowest BCUT2D eigenvalue weighted by molar-refractivity contribution is -0.121. The van der Waals surface area contributed by atoms with Gasteiger partial charge < -0.3 is 14.8 Å². The second-order valence-electron chi connectivity index (χ2n) is 6.88. The van der Waals surface area contributed by atoms with E-state index in [1.165, 1.54) is 23.8 Å². The molecule has 2 aromatic carbocycles. The molecule has 1 saturated heterocycles. The Labute approximate surface area is 199 Å². The highest BCUT2D eigenvalue weighted by Gasteiger charge is 2.28.